The van der Waals surface area contributed by atoms with Crippen LogP contribution in [0.15, 0.2) is 72.8 Å². The van der Waals surface area contributed by atoms with Crippen LogP contribution in [0.5, 0.6) is 5.75 Å². The molecular formula is C29H29Cl2FN2O3. The van der Waals surface area contributed by atoms with Gasteiger partial charge in [0, 0.05) is 34.6 Å². The van der Waals surface area contributed by atoms with Gasteiger partial charge in [-0.25, -0.2) is 4.39 Å². The first kappa shape index (κ1) is 27.0. The maximum atomic E-state index is 14.1. The van der Waals surface area contributed by atoms with Crippen LogP contribution in [0.25, 0.3) is 0 Å². The van der Waals surface area contributed by atoms with Crippen molar-refractivity contribution in [3.63, 3.8) is 0 Å². The van der Waals surface area contributed by atoms with Gasteiger partial charge in [0.05, 0.1) is 0 Å². The van der Waals surface area contributed by atoms with E-state index in [2.05, 4.69) is 5.32 Å². The summed E-state index contributed by atoms with van der Waals surface area (Å²) in [5.41, 5.74) is 1.42. The summed E-state index contributed by atoms with van der Waals surface area (Å²) in [5.74, 6) is -1.35. The highest BCUT2D eigenvalue weighted by atomic mass is 35.5. The first-order chi connectivity index (χ1) is 17.9. The van der Waals surface area contributed by atoms with Crippen LogP contribution in [-0.4, -0.2) is 35.4 Å². The monoisotopic (exact) mass is 542 g/mol. The molecule has 3 aromatic carbocycles. The summed E-state index contributed by atoms with van der Waals surface area (Å²) in [6.45, 7) is -0.460. The van der Waals surface area contributed by atoms with E-state index in [1.807, 2.05) is 30.3 Å². The Morgan fingerprint density at radius 2 is 1.59 bits per heavy atom. The minimum atomic E-state index is -0.855. The predicted octanol–water partition coefficient (Wildman–Crippen LogP) is 6.21. The molecular weight excluding hydrogens is 514 g/mol. The average Bonchev–Trinajstić information content (AvgIpc) is 3.40. The fraction of sp³-hybridized carbons (Fsp3) is 0.310. The smallest absolute Gasteiger partial charge is 0.261 e. The SMILES string of the molecule is O=C(NC1CCCC1)[C@@H](Cc1ccccc1)N(Cc1c(Cl)cccc1Cl)C(=O)COc1ccccc1F. The molecule has 1 N–H and O–H groups in total. The Bertz CT molecular complexity index is 1200. The van der Waals surface area contributed by atoms with E-state index in [9.17, 15) is 14.0 Å². The van der Waals surface area contributed by atoms with Crippen LogP contribution in [0.3, 0.4) is 0 Å². The van der Waals surface area contributed by atoms with Crippen LogP contribution in [-0.2, 0) is 22.6 Å². The maximum Gasteiger partial charge on any atom is 0.261 e. The van der Waals surface area contributed by atoms with E-state index in [4.69, 9.17) is 27.9 Å². The summed E-state index contributed by atoms with van der Waals surface area (Å²) in [6.07, 6.45) is 4.22. The number of carbonyl (C=O) groups excluding carboxylic acids is 2. The first-order valence-electron chi connectivity index (χ1n) is 12.4. The lowest BCUT2D eigenvalue weighted by Gasteiger charge is -2.32. The maximum absolute atomic E-state index is 14.1. The second-order valence-corrected chi connectivity index (χ2v) is 9.95. The Hall–Kier alpha value is -3.09. The van der Waals surface area contributed by atoms with Gasteiger partial charge in [-0.2, -0.15) is 0 Å². The number of hydrogen-bond acceptors (Lipinski definition) is 3. The van der Waals surface area contributed by atoms with Crippen LogP contribution in [0.2, 0.25) is 10.0 Å². The normalized spacial score (nSPS) is 14.2. The molecule has 0 bridgehead atoms. The molecule has 1 saturated carbocycles. The summed E-state index contributed by atoms with van der Waals surface area (Å²) in [7, 11) is 0. The average molecular weight is 543 g/mol. The second kappa shape index (κ2) is 12.9. The number of para-hydroxylation sites is 1. The van der Waals surface area contributed by atoms with Crippen molar-refractivity contribution in [1.82, 2.24) is 10.2 Å². The Balaban J connectivity index is 1.66. The van der Waals surface area contributed by atoms with Gasteiger partial charge in [0.2, 0.25) is 5.91 Å². The van der Waals surface area contributed by atoms with E-state index in [-0.39, 0.29) is 30.7 Å². The number of nitrogens with zero attached hydrogens (tertiary/aromatic N) is 1. The lowest BCUT2D eigenvalue weighted by Crippen LogP contribution is -2.53. The fourth-order valence-corrected chi connectivity index (χ4v) is 5.08. The standard InChI is InChI=1S/C29H29Cl2FN2O3/c30-23-13-8-14-24(31)22(23)18-34(28(35)19-37-27-16-7-6-15-25(27)32)26(17-20-9-2-1-3-10-20)29(36)33-21-11-4-5-12-21/h1-3,6-10,13-16,21,26H,4-5,11-12,17-19H2,(H,33,36)/t26-/m1/s1. The van der Waals surface area contributed by atoms with E-state index in [1.54, 1.807) is 30.3 Å². The lowest BCUT2D eigenvalue weighted by atomic mass is 10.0. The second-order valence-electron chi connectivity index (χ2n) is 9.14. The number of benzene rings is 3. The molecule has 37 heavy (non-hydrogen) atoms. The van der Waals surface area contributed by atoms with Crippen molar-refractivity contribution in [2.45, 2.75) is 50.7 Å². The summed E-state index contributed by atoms with van der Waals surface area (Å²) < 4.78 is 19.7. The molecule has 0 radical (unpaired) electrons. The van der Waals surface area contributed by atoms with E-state index < -0.39 is 24.4 Å². The van der Waals surface area contributed by atoms with Gasteiger partial charge < -0.3 is 15.0 Å². The molecule has 1 aliphatic rings. The number of carbonyl (C=O) groups is 2. The van der Waals surface area contributed by atoms with Crippen LogP contribution in [0.1, 0.15) is 36.8 Å². The zero-order valence-electron chi connectivity index (χ0n) is 20.3. The largest absolute Gasteiger partial charge is 0.481 e. The summed E-state index contributed by atoms with van der Waals surface area (Å²) in [6, 6.07) is 19.7. The van der Waals surface area contributed by atoms with E-state index in [0.717, 1.165) is 31.2 Å². The van der Waals surface area contributed by atoms with Gasteiger partial charge in [-0.3, -0.25) is 9.59 Å². The molecule has 0 saturated heterocycles. The molecule has 194 valence electrons. The van der Waals surface area contributed by atoms with Gasteiger partial charge in [-0.15, -0.1) is 0 Å². The first-order valence-corrected chi connectivity index (χ1v) is 13.1. The molecule has 8 heteroatoms. The molecule has 2 amide bonds. The molecule has 5 nitrogen and oxygen atoms in total. The Morgan fingerprint density at radius 3 is 2.27 bits per heavy atom. The minimum Gasteiger partial charge on any atom is -0.481 e. The highest BCUT2D eigenvalue weighted by Gasteiger charge is 2.33. The minimum absolute atomic E-state index is 0.00639. The van der Waals surface area contributed by atoms with Crippen molar-refractivity contribution >= 4 is 35.0 Å². The number of rotatable bonds is 10. The van der Waals surface area contributed by atoms with Crippen molar-refractivity contribution < 1.29 is 18.7 Å². The molecule has 0 aromatic heterocycles. The zero-order valence-corrected chi connectivity index (χ0v) is 21.9. The van der Waals surface area contributed by atoms with Crippen LogP contribution >= 0.6 is 23.2 Å². The van der Waals surface area contributed by atoms with Crippen molar-refractivity contribution in [2.24, 2.45) is 0 Å². The van der Waals surface area contributed by atoms with Crippen molar-refractivity contribution in [2.75, 3.05) is 6.61 Å². The fourth-order valence-electron chi connectivity index (χ4n) is 4.56. The Labute approximate surface area is 226 Å². The van der Waals surface area contributed by atoms with Gasteiger partial charge in [-0.05, 0) is 42.7 Å². The van der Waals surface area contributed by atoms with Crippen molar-refractivity contribution in [1.29, 1.82) is 0 Å². The third-order valence-corrected chi connectivity index (χ3v) is 7.26. The third-order valence-electron chi connectivity index (χ3n) is 6.55. The highest BCUT2D eigenvalue weighted by Crippen LogP contribution is 2.28. The van der Waals surface area contributed by atoms with Crippen molar-refractivity contribution in [3.8, 4) is 5.75 Å². The zero-order chi connectivity index (χ0) is 26.2. The number of nitrogens with one attached hydrogen (secondary N) is 1. The quantitative estimate of drug-likeness (QED) is 0.331. The predicted molar refractivity (Wildman–Crippen MR) is 143 cm³/mol. The molecule has 0 spiro atoms. The Morgan fingerprint density at radius 1 is 0.946 bits per heavy atom. The molecule has 1 fully saturated rings. The van der Waals surface area contributed by atoms with E-state index in [1.165, 1.54) is 17.0 Å². The van der Waals surface area contributed by atoms with E-state index in [0.29, 0.717) is 15.6 Å². The van der Waals surface area contributed by atoms with Gasteiger partial charge in [-0.1, -0.05) is 84.6 Å². The molecule has 1 aliphatic carbocycles. The topological polar surface area (TPSA) is 58.6 Å². The molecule has 3 aromatic rings. The molecule has 4 rings (SSSR count). The van der Waals surface area contributed by atoms with E-state index >= 15 is 0 Å². The summed E-state index contributed by atoms with van der Waals surface area (Å²) in [5, 5.41) is 3.90. The molecule has 0 unspecified atom stereocenters. The molecule has 0 aliphatic heterocycles. The number of hydrogen-bond donors (Lipinski definition) is 1. The van der Waals surface area contributed by atoms with Gasteiger partial charge >= 0.3 is 0 Å². The highest BCUT2D eigenvalue weighted by molar-refractivity contribution is 6.36. The van der Waals surface area contributed by atoms with Crippen LogP contribution in [0.4, 0.5) is 4.39 Å². The van der Waals surface area contributed by atoms with Crippen LogP contribution in [0, 0.1) is 5.82 Å². The number of halogens is 3. The molecule has 0 heterocycles. The lowest BCUT2D eigenvalue weighted by molar-refractivity contribution is -0.143. The van der Waals surface area contributed by atoms with Gasteiger partial charge in [0.25, 0.3) is 5.91 Å². The Kier molecular flexibility index (Phi) is 9.42. The van der Waals surface area contributed by atoms with Crippen molar-refractivity contribution in [3.05, 3.63) is 99.8 Å². The summed E-state index contributed by atoms with van der Waals surface area (Å²) >= 11 is 12.9. The number of amides is 2. The van der Waals surface area contributed by atoms with Gasteiger partial charge in [0.1, 0.15) is 6.04 Å². The third kappa shape index (κ3) is 7.24. The number of ether oxygens (including phenoxy) is 1. The summed E-state index contributed by atoms with van der Waals surface area (Å²) in [4.78, 5) is 28.7. The van der Waals surface area contributed by atoms with Crippen LogP contribution < -0.4 is 10.1 Å². The molecule has 1 atom stereocenters. The van der Waals surface area contributed by atoms with Gasteiger partial charge in [0.15, 0.2) is 18.2 Å².